The molecule has 0 aliphatic rings. The van der Waals surface area contributed by atoms with E-state index in [1.54, 1.807) is 26.2 Å². The van der Waals surface area contributed by atoms with Gasteiger partial charge in [-0.3, -0.25) is 4.79 Å². The van der Waals surface area contributed by atoms with Crippen molar-refractivity contribution in [1.82, 2.24) is 14.8 Å². The third kappa shape index (κ3) is 5.88. The summed E-state index contributed by atoms with van der Waals surface area (Å²) in [5.74, 6) is 0.523. The predicted octanol–water partition coefficient (Wildman–Crippen LogP) is 4.83. The summed E-state index contributed by atoms with van der Waals surface area (Å²) in [7, 11) is 1.59. The highest BCUT2D eigenvalue weighted by atomic mass is 32.2. The highest BCUT2D eigenvalue weighted by Gasteiger charge is 2.25. The number of anilines is 1. The summed E-state index contributed by atoms with van der Waals surface area (Å²) in [6.07, 6.45) is -0.413. The molecule has 1 aromatic heterocycles. The fraction of sp³-hybridized carbons (Fsp3) is 0.333. The molecule has 2 unspecified atom stereocenters. The quantitative estimate of drug-likeness (QED) is 0.393. The number of carbonyl (C=O) groups excluding carboxylic acids is 1. The number of amides is 1. The number of thioether (sulfide) groups is 1. The topological polar surface area (TPSA) is 116 Å². The zero-order valence-electron chi connectivity index (χ0n) is 19.7. The van der Waals surface area contributed by atoms with Crippen molar-refractivity contribution in [2.45, 2.75) is 50.2 Å². The summed E-state index contributed by atoms with van der Waals surface area (Å²) in [5, 5.41) is 20.7. The van der Waals surface area contributed by atoms with Crippen LogP contribution in [0.25, 0.3) is 0 Å². The molecule has 2 aromatic carbocycles. The standard InChI is InChI=1S/C24H28N4O5S/c1-14(2)28-21(15(3)33-20-12-7-6-11-19(20)32-5)26-27-24(28)34-16(4)22(29)25-18-10-8-9-17(13-18)23(30)31/h6-16H,1-5H3,(H,25,29)(H,30,31). The van der Waals surface area contributed by atoms with E-state index >= 15 is 0 Å². The van der Waals surface area contributed by atoms with Gasteiger partial charge in [0, 0.05) is 11.7 Å². The molecule has 0 radical (unpaired) electrons. The first-order valence-electron chi connectivity index (χ1n) is 10.8. The number of aromatic carboxylic acids is 1. The minimum absolute atomic E-state index is 0.0266. The van der Waals surface area contributed by atoms with Crippen LogP contribution < -0.4 is 14.8 Å². The van der Waals surface area contributed by atoms with Gasteiger partial charge in [-0.05, 0) is 58.0 Å². The molecule has 0 bridgehead atoms. The molecule has 34 heavy (non-hydrogen) atoms. The van der Waals surface area contributed by atoms with Crippen LogP contribution in [0.1, 0.15) is 56.0 Å². The molecule has 2 atom stereocenters. The van der Waals surface area contributed by atoms with Gasteiger partial charge in [0.2, 0.25) is 5.91 Å². The molecule has 180 valence electrons. The van der Waals surface area contributed by atoms with Gasteiger partial charge in [-0.25, -0.2) is 4.79 Å². The second kappa shape index (κ2) is 11.1. The number of carbonyl (C=O) groups is 2. The first kappa shape index (κ1) is 25.1. The van der Waals surface area contributed by atoms with Crippen LogP contribution in [0.15, 0.2) is 53.7 Å². The Morgan fingerprint density at radius 3 is 2.38 bits per heavy atom. The van der Waals surface area contributed by atoms with Crippen molar-refractivity contribution in [2.75, 3.05) is 12.4 Å². The second-order valence-corrected chi connectivity index (χ2v) is 9.16. The van der Waals surface area contributed by atoms with E-state index in [2.05, 4.69) is 15.5 Å². The summed E-state index contributed by atoms with van der Waals surface area (Å²) in [5.41, 5.74) is 0.522. The van der Waals surface area contributed by atoms with Crippen LogP contribution >= 0.6 is 11.8 Å². The minimum atomic E-state index is -1.06. The van der Waals surface area contributed by atoms with Crippen LogP contribution in [0, 0.1) is 0 Å². The lowest BCUT2D eigenvalue weighted by Crippen LogP contribution is -2.23. The van der Waals surface area contributed by atoms with Crippen molar-refractivity contribution < 1.29 is 24.2 Å². The van der Waals surface area contributed by atoms with Crippen molar-refractivity contribution >= 4 is 29.3 Å². The number of benzene rings is 2. The maximum Gasteiger partial charge on any atom is 0.335 e. The van der Waals surface area contributed by atoms with E-state index in [0.717, 1.165) is 0 Å². The van der Waals surface area contributed by atoms with Crippen LogP contribution in [0.5, 0.6) is 11.5 Å². The molecule has 9 nitrogen and oxygen atoms in total. The third-order valence-corrected chi connectivity index (χ3v) is 6.03. The summed E-state index contributed by atoms with van der Waals surface area (Å²) in [4.78, 5) is 23.9. The van der Waals surface area contributed by atoms with Gasteiger partial charge in [-0.2, -0.15) is 0 Å². The minimum Gasteiger partial charge on any atom is -0.493 e. The fourth-order valence-corrected chi connectivity index (χ4v) is 4.26. The number of methoxy groups -OCH3 is 1. The van der Waals surface area contributed by atoms with Crippen molar-refractivity contribution in [2.24, 2.45) is 0 Å². The van der Waals surface area contributed by atoms with Crippen LogP contribution in [-0.4, -0.2) is 44.1 Å². The largest absolute Gasteiger partial charge is 0.493 e. The Bertz CT molecular complexity index is 1160. The molecule has 0 aliphatic carbocycles. The van der Waals surface area contributed by atoms with E-state index in [0.29, 0.717) is 28.2 Å². The Morgan fingerprint density at radius 1 is 1.03 bits per heavy atom. The number of hydrogen-bond acceptors (Lipinski definition) is 7. The summed E-state index contributed by atoms with van der Waals surface area (Å²) in [6.45, 7) is 7.66. The summed E-state index contributed by atoms with van der Waals surface area (Å²) >= 11 is 1.27. The number of nitrogens with zero attached hydrogens (tertiary/aromatic N) is 3. The Kier molecular flexibility index (Phi) is 8.17. The average Bonchev–Trinajstić information content (AvgIpc) is 3.23. The zero-order chi connectivity index (χ0) is 24.8. The van der Waals surface area contributed by atoms with E-state index in [1.807, 2.05) is 49.6 Å². The Morgan fingerprint density at radius 2 is 1.74 bits per heavy atom. The van der Waals surface area contributed by atoms with Gasteiger partial charge in [0.25, 0.3) is 0 Å². The molecule has 10 heteroatoms. The molecular weight excluding hydrogens is 456 g/mol. The molecule has 1 amide bonds. The number of hydrogen-bond donors (Lipinski definition) is 2. The van der Waals surface area contributed by atoms with Gasteiger partial charge in [0.05, 0.1) is 17.9 Å². The average molecular weight is 485 g/mol. The van der Waals surface area contributed by atoms with E-state index in [9.17, 15) is 9.59 Å². The van der Waals surface area contributed by atoms with E-state index < -0.39 is 17.3 Å². The smallest absolute Gasteiger partial charge is 0.335 e. The number of rotatable bonds is 10. The van der Waals surface area contributed by atoms with Gasteiger partial charge in [-0.1, -0.05) is 30.0 Å². The highest BCUT2D eigenvalue weighted by molar-refractivity contribution is 8.00. The van der Waals surface area contributed by atoms with Crippen molar-refractivity contribution in [3.8, 4) is 11.5 Å². The van der Waals surface area contributed by atoms with Gasteiger partial charge in [-0.15, -0.1) is 10.2 Å². The number of carboxylic acids is 1. The summed E-state index contributed by atoms with van der Waals surface area (Å²) in [6, 6.07) is 13.5. The maximum absolute atomic E-state index is 12.8. The third-order valence-electron chi connectivity index (χ3n) is 4.97. The van der Waals surface area contributed by atoms with Crippen molar-refractivity contribution in [3.63, 3.8) is 0 Å². The van der Waals surface area contributed by atoms with Crippen LogP contribution in [0.2, 0.25) is 0 Å². The fourth-order valence-electron chi connectivity index (χ4n) is 3.28. The van der Waals surface area contributed by atoms with Crippen LogP contribution in [0.4, 0.5) is 5.69 Å². The molecule has 0 fully saturated rings. The second-order valence-electron chi connectivity index (χ2n) is 7.85. The van der Waals surface area contributed by atoms with Gasteiger partial charge in [0.15, 0.2) is 28.6 Å². The molecule has 1 heterocycles. The van der Waals surface area contributed by atoms with E-state index in [-0.39, 0.29) is 17.5 Å². The monoisotopic (exact) mass is 484 g/mol. The van der Waals surface area contributed by atoms with Crippen molar-refractivity contribution in [1.29, 1.82) is 0 Å². The lowest BCUT2D eigenvalue weighted by molar-refractivity contribution is -0.115. The van der Waals surface area contributed by atoms with Crippen molar-refractivity contribution in [3.05, 3.63) is 59.9 Å². The maximum atomic E-state index is 12.8. The van der Waals surface area contributed by atoms with Crippen LogP contribution in [0.3, 0.4) is 0 Å². The number of ether oxygens (including phenoxy) is 2. The molecular formula is C24H28N4O5S. The van der Waals surface area contributed by atoms with Crippen LogP contribution in [-0.2, 0) is 4.79 Å². The Balaban J connectivity index is 1.75. The first-order chi connectivity index (χ1) is 16.2. The first-order valence-corrected chi connectivity index (χ1v) is 11.6. The van der Waals surface area contributed by atoms with E-state index in [1.165, 1.54) is 23.9 Å². The number of carboxylic acid groups (broad SMARTS) is 1. The number of nitrogens with one attached hydrogen (secondary N) is 1. The van der Waals surface area contributed by atoms with Gasteiger partial charge >= 0.3 is 5.97 Å². The molecule has 0 spiro atoms. The molecule has 0 saturated carbocycles. The number of aromatic nitrogens is 3. The molecule has 0 aliphatic heterocycles. The molecule has 3 aromatic rings. The Labute approximate surface area is 202 Å². The van der Waals surface area contributed by atoms with Gasteiger partial charge < -0.3 is 24.5 Å². The Hall–Kier alpha value is -3.53. The zero-order valence-corrected chi connectivity index (χ0v) is 20.5. The lowest BCUT2D eigenvalue weighted by atomic mass is 10.2. The normalized spacial score (nSPS) is 12.8. The summed E-state index contributed by atoms with van der Waals surface area (Å²) < 4.78 is 13.4. The highest BCUT2D eigenvalue weighted by Crippen LogP contribution is 2.33. The molecule has 2 N–H and O–H groups in total. The lowest BCUT2D eigenvalue weighted by Gasteiger charge is -2.20. The predicted molar refractivity (Wildman–Crippen MR) is 130 cm³/mol. The molecule has 0 saturated heterocycles. The van der Waals surface area contributed by atoms with Gasteiger partial charge in [0.1, 0.15) is 0 Å². The SMILES string of the molecule is COc1ccccc1OC(C)c1nnc(SC(C)C(=O)Nc2cccc(C(=O)O)c2)n1C(C)C. The van der Waals surface area contributed by atoms with E-state index in [4.69, 9.17) is 14.6 Å². The molecule has 3 rings (SSSR count). The number of para-hydroxylation sites is 2.